The lowest BCUT2D eigenvalue weighted by atomic mass is 10.1. The van der Waals surface area contributed by atoms with Gasteiger partial charge in [0, 0.05) is 12.1 Å². The highest BCUT2D eigenvalue weighted by Gasteiger charge is 2.06. The van der Waals surface area contributed by atoms with Crippen molar-refractivity contribution in [1.82, 2.24) is 0 Å². The van der Waals surface area contributed by atoms with Gasteiger partial charge in [0.15, 0.2) is 0 Å². The zero-order valence-electron chi connectivity index (χ0n) is 6.68. The highest BCUT2D eigenvalue weighted by Crippen LogP contribution is 2.21. The van der Waals surface area contributed by atoms with Gasteiger partial charge < -0.3 is 4.74 Å². The van der Waals surface area contributed by atoms with Gasteiger partial charge in [0.05, 0.1) is 6.10 Å². The van der Waals surface area contributed by atoms with Crippen LogP contribution in [0, 0.1) is 12.7 Å². The first kappa shape index (κ1) is 9.49. The van der Waals surface area contributed by atoms with Crippen molar-refractivity contribution in [3.63, 3.8) is 0 Å². The lowest BCUT2D eigenvalue weighted by Crippen LogP contribution is -1.96. The van der Waals surface area contributed by atoms with E-state index in [1.807, 2.05) is 0 Å². The Balaban J connectivity index is 3.00. The van der Waals surface area contributed by atoms with Crippen molar-refractivity contribution in [2.45, 2.75) is 6.10 Å². The Bertz CT molecular complexity index is 255. The topological polar surface area (TPSA) is 9.23 Å². The second-order valence-electron chi connectivity index (χ2n) is 2.43. The molecule has 1 aromatic carbocycles. The van der Waals surface area contributed by atoms with Crippen LogP contribution >= 0.6 is 11.6 Å². The average molecular weight is 188 g/mol. The van der Waals surface area contributed by atoms with Gasteiger partial charge in [-0.15, -0.1) is 0 Å². The minimum Gasteiger partial charge on any atom is -0.377 e. The minimum atomic E-state index is -0.377. The second-order valence-corrected chi connectivity index (χ2v) is 2.86. The van der Waals surface area contributed by atoms with Crippen molar-refractivity contribution in [3.05, 3.63) is 41.5 Å². The van der Waals surface area contributed by atoms with Gasteiger partial charge in [-0.1, -0.05) is 11.6 Å². The molecule has 0 N–H and O–H groups in total. The van der Waals surface area contributed by atoms with Gasteiger partial charge in [-0.2, -0.15) is 0 Å². The number of rotatable bonds is 2. The van der Waals surface area contributed by atoms with Crippen molar-refractivity contribution < 1.29 is 9.13 Å². The first-order chi connectivity index (χ1) is 5.63. The molecule has 0 heterocycles. The van der Waals surface area contributed by atoms with Crippen LogP contribution in [-0.2, 0) is 4.74 Å². The molecule has 12 heavy (non-hydrogen) atoms. The summed E-state index contributed by atoms with van der Waals surface area (Å²) in [4.78, 5) is 0. The summed E-state index contributed by atoms with van der Waals surface area (Å²) in [5.74, 6) is -0.372. The molecule has 0 aliphatic carbocycles. The Morgan fingerprint density at radius 1 is 1.50 bits per heavy atom. The van der Waals surface area contributed by atoms with Crippen LogP contribution in [0.15, 0.2) is 18.2 Å². The molecule has 0 aliphatic rings. The SMILES string of the molecule is [CH2]C(OC)c1cc(F)cc(Cl)c1. The largest absolute Gasteiger partial charge is 0.377 e. The third-order valence-electron chi connectivity index (χ3n) is 1.54. The molecule has 0 fully saturated rings. The maximum absolute atomic E-state index is 12.8. The molecule has 3 heteroatoms. The minimum absolute atomic E-state index is 0.357. The lowest BCUT2D eigenvalue weighted by Gasteiger charge is -2.09. The summed E-state index contributed by atoms with van der Waals surface area (Å²) in [5, 5.41) is 0.357. The lowest BCUT2D eigenvalue weighted by molar-refractivity contribution is 0.140. The van der Waals surface area contributed by atoms with E-state index in [0.29, 0.717) is 10.6 Å². The van der Waals surface area contributed by atoms with Crippen LogP contribution in [0.2, 0.25) is 5.02 Å². The molecule has 0 amide bonds. The van der Waals surface area contributed by atoms with Gasteiger partial charge in [-0.25, -0.2) is 4.39 Å². The van der Waals surface area contributed by atoms with E-state index in [0.717, 1.165) is 0 Å². The van der Waals surface area contributed by atoms with Crippen LogP contribution < -0.4 is 0 Å². The van der Waals surface area contributed by atoms with Gasteiger partial charge in [-0.3, -0.25) is 0 Å². The van der Waals surface area contributed by atoms with Crippen molar-refractivity contribution >= 4 is 11.6 Å². The third-order valence-corrected chi connectivity index (χ3v) is 1.76. The van der Waals surface area contributed by atoms with Gasteiger partial charge in [-0.05, 0) is 30.7 Å². The van der Waals surface area contributed by atoms with E-state index in [-0.39, 0.29) is 11.9 Å². The van der Waals surface area contributed by atoms with Crippen molar-refractivity contribution in [2.24, 2.45) is 0 Å². The second kappa shape index (κ2) is 3.87. The summed E-state index contributed by atoms with van der Waals surface area (Å²) in [6.45, 7) is 3.66. The Hall–Kier alpha value is -0.600. The molecular weight excluding hydrogens is 179 g/mol. The maximum atomic E-state index is 12.8. The molecule has 65 valence electrons. The summed E-state index contributed by atoms with van der Waals surface area (Å²) in [6, 6.07) is 4.23. The van der Waals surface area contributed by atoms with E-state index in [2.05, 4.69) is 6.92 Å². The van der Waals surface area contributed by atoms with E-state index in [4.69, 9.17) is 16.3 Å². The molecular formula is C9H9ClFO. The first-order valence-corrected chi connectivity index (χ1v) is 3.83. The summed E-state index contributed by atoms with van der Waals surface area (Å²) >= 11 is 5.63. The molecule has 0 aliphatic heterocycles. The predicted molar refractivity (Wildman–Crippen MR) is 46.5 cm³/mol. The fourth-order valence-corrected chi connectivity index (χ4v) is 1.13. The monoisotopic (exact) mass is 187 g/mol. The number of ether oxygens (including phenoxy) is 1. The highest BCUT2D eigenvalue weighted by atomic mass is 35.5. The van der Waals surface area contributed by atoms with Gasteiger partial charge in [0.1, 0.15) is 5.82 Å². The van der Waals surface area contributed by atoms with E-state index < -0.39 is 0 Å². The smallest absolute Gasteiger partial charge is 0.125 e. The normalized spacial score (nSPS) is 13.0. The number of benzene rings is 1. The van der Waals surface area contributed by atoms with Crippen LogP contribution in [0.5, 0.6) is 0 Å². The molecule has 0 saturated heterocycles. The standard InChI is InChI=1S/C9H9ClFO/c1-6(12-2)7-3-8(10)5-9(11)4-7/h3-6H,1H2,2H3. The number of halogens is 2. The van der Waals surface area contributed by atoms with Gasteiger partial charge in [0.25, 0.3) is 0 Å². The zero-order valence-corrected chi connectivity index (χ0v) is 7.44. The van der Waals surface area contributed by atoms with Crippen LogP contribution in [0.25, 0.3) is 0 Å². The van der Waals surface area contributed by atoms with Crippen LogP contribution in [0.1, 0.15) is 11.7 Å². The van der Waals surface area contributed by atoms with E-state index in [9.17, 15) is 4.39 Å². The van der Waals surface area contributed by atoms with Crippen molar-refractivity contribution in [3.8, 4) is 0 Å². The van der Waals surface area contributed by atoms with Crippen molar-refractivity contribution in [1.29, 1.82) is 0 Å². The fraction of sp³-hybridized carbons (Fsp3) is 0.222. The van der Waals surface area contributed by atoms with Crippen LogP contribution in [0.3, 0.4) is 0 Å². The molecule has 0 saturated carbocycles. The predicted octanol–water partition coefficient (Wildman–Crippen LogP) is 3.00. The molecule has 0 bridgehead atoms. The molecule has 1 radical (unpaired) electrons. The molecule has 1 nitrogen and oxygen atoms in total. The van der Waals surface area contributed by atoms with Crippen molar-refractivity contribution in [2.75, 3.05) is 7.11 Å². The summed E-state index contributed by atoms with van der Waals surface area (Å²) in [7, 11) is 1.51. The molecule has 1 atom stereocenters. The molecule has 0 spiro atoms. The zero-order chi connectivity index (χ0) is 9.14. The Kier molecular flexibility index (Phi) is 3.06. The van der Waals surface area contributed by atoms with Gasteiger partial charge >= 0.3 is 0 Å². The quantitative estimate of drug-likeness (QED) is 0.692. The Morgan fingerprint density at radius 3 is 2.67 bits per heavy atom. The first-order valence-electron chi connectivity index (χ1n) is 3.45. The average Bonchev–Trinajstić information content (AvgIpc) is 2.01. The van der Waals surface area contributed by atoms with E-state index in [1.54, 1.807) is 6.07 Å². The molecule has 0 aromatic heterocycles. The van der Waals surface area contributed by atoms with Crippen LogP contribution in [-0.4, -0.2) is 7.11 Å². The number of hydrogen-bond donors (Lipinski definition) is 0. The number of hydrogen-bond acceptors (Lipinski definition) is 1. The maximum Gasteiger partial charge on any atom is 0.125 e. The Labute approximate surface area is 76.1 Å². The fourth-order valence-electron chi connectivity index (χ4n) is 0.897. The van der Waals surface area contributed by atoms with Crippen LogP contribution in [0.4, 0.5) is 4.39 Å². The number of methoxy groups -OCH3 is 1. The molecule has 1 unspecified atom stereocenters. The summed E-state index contributed by atoms with van der Waals surface area (Å²) in [5.41, 5.74) is 0.641. The van der Waals surface area contributed by atoms with E-state index in [1.165, 1.54) is 19.2 Å². The highest BCUT2D eigenvalue weighted by molar-refractivity contribution is 6.30. The third kappa shape index (κ3) is 2.19. The Morgan fingerprint density at radius 2 is 2.17 bits per heavy atom. The molecule has 1 aromatic rings. The van der Waals surface area contributed by atoms with Gasteiger partial charge in [0.2, 0.25) is 0 Å². The summed E-state index contributed by atoms with van der Waals surface area (Å²) < 4.78 is 17.7. The molecule has 1 rings (SSSR count). The van der Waals surface area contributed by atoms with E-state index >= 15 is 0 Å². The summed E-state index contributed by atoms with van der Waals surface area (Å²) in [6.07, 6.45) is -0.377.